The first-order valence-corrected chi connectivity index (χ1v) is 8.35. The highest BCUT2D eigenvalue weighted by molar-refractivity contribution is 8.00. The van der Waals surface area contributed by atoms with E-state index in [1.165, 1.54) is 12.8 Å². The summed E-state index contributed by atoms with van der Waals surface area (Å²) in [6.07, 6.45) is 6.93. The van der Waals surface area contributed by atoms with E-state index in [0.717, 1.165) is 19.4 Å². The molecule has 2 unspecified atom stereocenters. The van der Waals surface area contributed by atoms with Crippen LogP contribution in [0.1, 0.15) is 46.5 Å². The molecule has 0 bridgehead atoms. The van der Waals surface area contributed by atoms with Gasteiger partial charge in [0.05, 0.1) is 12.2 Å². The fraction of sp³-hybridized carbons (Fsp3) is 0.929. The molecule has 104 valence electrons. The van der Waals surface area contributed by atoms with E-state index in [-0.39, 0.29) is 12.2 Å². The molecule has 1 saturated carbocycles. The molecule has 0 aromatic carbocycles. The largest absolute Gasteiger partial charge is 0.324 e. The maximum atomic E-state index is 12.4. The Morgan fingerprint density at radius 2 is 2.17 bits per heavy atom. The molecule has 18 heavy (non-hydrogen) atoms. The van der Waals surface area contributed by atoms with Crippen LogP contribution in [0, 0.1) is 5.92 Å². The maximum absolute atomic E-state index is 12.4. The van der Waals surface area contributed by atoms with Gasteiger partial charge in [0, 0.05) is 11.3 Å². The summed E-state index contributed by atoms with van der Waals surface area (Å²) < 4.78 is 0.370. The minimum absolute atomic E-state index is 0.0476. The highest BCUT2D eigenvalue weighted by Crippen LogP contribution is 2.48. The second-order valence-electron chi connectivity index (χ2n) is 6.13. The maximum Gasteiger partial charge on any atom is 0.241 e. The van der Waals surface area contributed by atoms with Gasteiger partial charge in [-0.3, -0.25) is 10.1 Å². The second-order valence-corrected chi connectivity index (χ2v) is 7.40. The SMILES string of the molecule is CCC1NC(CC(C)C)N(CC2(SC)CC2)C1=O. The molecule has 1 saturated heterocycles. The van der Waals surface area contributed by atoms with E-state index in [2.05, 4.69) is 37.2 Å². The van der Waals surface area contributed by atoms with E-state index in [4.69, 9.17) is 0 Å². The topological polar surface area (TPSA) is 32.3 Å². The number of hydrogen-bond donors (Lipinski definition) is 1. The zero-order valence-electron chi connectivity index (χ0n) is 12.0. The summed E-state index contributed by atoms with van der Waals surface area (Å²) in [4.78, 5) is 14.5. The lowest BCUT2D eigenvalue weighted by atomic mass is 10.1. The van der Waals surface area contributed by atoms with Crippen molar-refractivity contribution in [2.45, 2.75) is 63.4 Å². The lowest BCUT2D eigenvalue weighted by molar-refractivity contribution is -0.130. The van der Waals surface area contributed by atoms with Crippen molar-refractivity contribution in [3.8, 4) is 0 Å². The zero-order chi connectivity index (χ0) is 13.3. The summed E-state index contributed by atoms with van der Waals surface area (Å²) >= 11 is 1.94. The molecule has 2 rings (SSSR count). The van der Waals surface area contributed by atoms with Crippen molar-refractivity contribution in [2.24, 2.45) is 5.92 Å². The van der Waals surface area contributed by atoms with Crippen LogP contribution in [-0.4, -0.2) is 40.6 Å². The van der Waals surface area contributed by atoms with Crippen molar-refractivity contribution in [3.63, 3.8) is 0 Å². The third-order valence-electron chi connectivity index (χ3n) is 4.15. The van der Waals surface area contributed by atoms with Gasteiger partial charge in [-0.1, -0.05) is 20.8 Å². The van der Waals surface area contributed by atoms with Crippen molar-refractivity contribution in [1.82, 2.24) is 10.2 Å². The molecule has 1 amide bonds. The lowest BCUT2D eigenvalue weighted by Gasteiger charge is -2.29. The van der Waals surface area contributed by atoms with Gasteiger partial charge >= 0.3 is 0 Å². The number of carbonyl (C=O) groups is 1. The fourth-order valence-corrected chi connectivity index (χ4v) is 3.52. The summed E-state index contributed by atoms with van der Waals surface area (Å²) in [7, 11) is 0. The average Bonchev–Trinajstić information content (AvgIpc) is 3.05. The second kappa shape index (κ2) is 5.41. The number of amides is 1. The van der Waals surface area contributed by atoms with E-state index in [9.17, 15) is 4.79 Å². The highest BCUT2D eigenvalue weighted by Gasteiger charge is 2.48. The molecule has 1 aliphatic heterocycles. The summed E-state index contributed by atoms with van der Waals surface area (Å²) in [5.41, 5.74) is 0. The molecule has 0 aromatic heterocycles. The van der Waals surface area contributed by atoms with Crippen molar-refractivity contribution < 1.29 is 4.79 Å². The van der Waals surface area contributed by atoms with E-state index >= 15 is 0 Å². The molecule has 0 spiro atoms. The highest BCUT2D eigenvalue weighted by atomic mass is 32.2. The molecular formula is C14H26N2OS. The van der Waals surface area contributed by atoms with Gasteiger partial charge in [0.15, 0.2) is 0 Å². The normalized spacial score (nSPS) is 30.3. The zero-order valence-corrected chi connectivity index (χ0v) is 12.8. The van der Waals surface area contributed by atoms with Crippen molar-refractivity contribution >= 4 is 17.7 Å². The quantitative estimate of drug-likeness (QED) is 0.805. The number of thioether (sulfide) groups is 1. The summed E-state index contributed by atoms with van der Waals surface area (Å²) in [6, 6.07) is 0.0476. The summed E-state index contributed by atoms with van der Waals surface area (Å²) in [6.45, 7) is 7.48. The number of rotatable bonds is 6. The first-order valence-electron chi connectivity index (χ1n) is 7.13. The van der Waals surface area contributed by atoms with Gasteiger partial charge in [0.1, 0.15) is 0 Å². The standard InChI is InChI=1S/C14H26N2OS/c1-5-11-13(17)16(9-14(18-4)6-7-14)12(15-11)8-10(2)3/h10-12,15H,5-9H2,1-4H3. The van der Waals surface area contributed by atoms with E-state index in [1.807, 2.05) is 11.8 Å². The number of nitrogens with one attached hydrogen (secondary N) is 1. The molecule has 4 heteroatoms. The first-order chi connectivity index (χ1) is 8.51. The van der Waals surface area contributed by atoms with Crippen molar-refractivity contribution in [1.29, 1.82) is 0 Å². The Balaban J connectivity index is 2.05. The molecular weight excluding hydrogens is 244 g/mol. The minimum Gasteiger partial charge on any atom is -0.324 e. The molecule has 1 aliphatic carbocycles. The van der Waals surface area contributed by atoms with Crippen molar-refractivity contribution in [2.75, 3.05) is 12.8 Å². The van der Waals surface area contributed by atoms with Crippen LogP contribution >= 0.6 is 11.8 Å². The van der Waals surface area contributed by atoms with Gasteiger partial charge in [0.2, 0.25) is 5.91 Å². The van der Waals surface area contributed by atoms with Gasteiger partial charge in [0.25, 0.3) is 0 Å². The molecule has 0 radical (unpaired) electrons. The van der Waals surface area contributed by atoms with Crippen LogP contribution < -0.4 is 5.32 Å². The molecule has 0 aromatic rings. The fourth-order valence-electron chi connectivity index (χ4n) is 2.75. The third-order valence-corrected chi connectivity index (χ3v) is 5.56. The third kappa shape index (κ3) is 2.85. The number of nitrogens with zero attached hydrogens (tertiary/aromatic N) is 1. The van der Waals surface area contributed by atoms with E-state index in [1.54, 1.807) is 0 Å². The Morgan fingerprint density at radius 1 is 1.50 bits per heavy atom. The molecule has 2 fully saturated rings. The van der Waals surface area contributed by atoms with Crippen LogP contribution in [0.4, 0.5) is 0 Å². The van der Waals surface area contributed by atoms with Gasteiger partial charge < -0.3 is 4.90 Å². The average molecular weight is 270 g/mol. The van der Waals surface area contributed by atoms with E-state index < -0.39 is 0 Å². The van der Waals surface area contributed by atoms with Crippen LogP contribution in [0.15, 0.2) is 0 Å². The summed E-state index contributed by atoms with van der Waals surface area (Å²) in [5, 5.41) is 3.51. The lowest BCUT2D eigenvalue weighted by Crippen LogP contribution is -2.42. The monoisotopic (exact) mass is 270 g/mol. The van der Waals surface area contributed by atoms with Crippen LogP contribution in [0.5, 0.6) is 0 Å². The Kier molecular flexibility index (Phi) is 4.27. The van der Waals surface area contributed by atoms with Gasteiger partial charge in [-0.05, 0) is 37.9 Å². The van der Waals surface area contributed by atoms with Crippen LogP contribution in [0.2, 0.25) is 0 Å². The van der Waals surface area contributed by atoms with Gasteiger partial charge in [-0.25, -0.2) is 0 Å². The Bertz CT molecular complexity index is 315. The molecule has 2 atom stereocenters. The predicted octanol–water partition coefficient (Wildman–Crippen LogP) is 2.46. The Hall–Kier alpha value is -0.220. The van der Waals surface area contributed by atoms with Gasteiger partial charge in [-0.15, -0.1) is 0 Å². The molecule has 3 nitrogen and oxygen atoms in total. The van der Waals surface area contributed by atoms with E-state index in [0.29, 0.717) is 16.6 Å². The smallest absolute Gasteiger partial charge is 0.241 e. The Labute approximate surface area is 115 Å². The van der Waals surface area contributed by atoms with Crippen LogP contribution in [0.25, 0.3) is 0 Å². The first kappa shape index (κ1) is 14.2. The minimum atomic E-state index is 0.0476. The van der Waals surface area contributed by atoms with Gasteiger partial charge in [-0.2, -0.15) is 11.8 Å². The summed E-state index contributed by atoms with van der Waals surface area (Å²) in [5.74, 6) is 0.946. The van der Waals surface area contributed by atoms with Crippen molar-refractivity contribution in [3.05, 3.63) is 0 Å². The van der Waals surface area contributed by atoms with Crippen LogP contribution in [0.3, 0.4) is 0 Å². The van der Waals surface area contributed by atoms with Crippen LogP contribution in [-0.2, 0) is 4.79 Å². The molecule has 1 N–H and O–H groups in total. The predicted molar refractivity (Wildman–Crippen MR) is 77.7 cm³/mol. The number of hydrogen-bond acceptors (Lipinski definition) is 3. The molecule has 2 aliphatic rings. The number of carbonyl (C=O) groups excluding carboxylic acids is 1. The molecule has 1 heterocycles. The Morgan fingerprint density at radius 3 is 2.61 bits per heavy atom.